The molecule has 0 aliphatic carbocycles. The molecular weight excluding hydrogens is 188 g/mol. The van der Waals surface area contributed by atoms with Crippen molar-refractivity contribution in [3.63, 3.8) is 0 Å². The highest BCUT2D eigenvalue weighted by molar-refractivity contribution is 5.49. The van der Waals surface area contributed by atoms with Gasteiger partial charge in [0.2, 0.25) is 0 Å². The Morgan fingerprint density at radius 3 is 2.53 bits per heavy atom. The lowest BCUT2D eigenvalue weighted by atomic mass is 10.1. The summed E-state index contributed by atoms with van der Waals surface area (Å²) in [5.74, 6) is 0. The number of benzene rings is 1. The Kier molecular flexibility index (Phi) is 2.93. The van der Waals surface area contributed by atoms with E-state index in [-0.39, 0.29) is 6.10 Å². The molecule has 1 unspecified atom stereocenters. The Morgan fingerprint density at radius 2 is 2.07 bits per heavy atom. The number of anilines is 1. The molecule has 0 aromatic heterocycles. The van der Waals surface area contributed by atoms with E-state index in [1.807, 2.05) is 12.1 Å². The van der Waals surface area contributed by atoms with Crippen molar-refractivity contribution in [1.29, 1.82) is 0 Å². The zero-order chi connectivity index (χ0) is 10.8. The fourth-order valence-corrected chi connectivity index (χ4v) is 1.99. The molecule has 1 aliphatic rings. The summed E-state index contributed by atoms with van der Waals surface area (Å²) in [6, 6.07) is 8.37. The molecular formula is C12H18N2O. The van der Waals surface area contributed by atoms with E-state index in [2.05, 4.69) is 17.0 Å². The molecule has 2 atom stereocenters. The van der Waals surface area contributed by atoms with Crippen LogP contribution in [0.15, 0.2) is 24.3 Å². The second-order valence-electron chi connectivity index (χ2n) is 4.26. The third kappa shape index (κ3) is 2.30. The maximum atomic E-state index is 9.39. The summed E-state index contributed by atoms with van der Waals surface area (Å²) in [5, 5.41) is 9.39. The van der Waals surface area contributed by atoms with Crippen LogP contribution in [0.25, 0.3) is 0 Å². The van der Waals surface area contributed by atoms with Crippen LogP contribution in [0, 0.1) is 0 Å². The molecule has 2 rings (SSSR count). The molecule has 0 saturated carbocycles. The van der Waals surface area contributed by atoms with Gasteiger partial charge in [0.05, 0.1) is 6.10 Å². The average molecular weight is 206 g/mol. The van der Waals surface area contributed by atoms with E-state index in [4.69, 9.17) is 5.73 Å². The lowest BCUT2D eigenvalue weighted by Gasteiger charge is -2.18. The molecule has 1 saturated heterocycles. The van der Waals surface area contributed by atoms with Gasteiger partial charge < -0.3 is 15.7 Å². The lowest BCUT2D eigenvalue weighted by molar-refractivity contribution is 0.199. The highest BCUT2D eigenvalue weighted by Crippen LogP contribution is 2.22. The van der Waals surface area contributed by atoms with Gasteiger partial charge in [-0.3, -0.25) is 0 Å². The summed E-state index contributed by atoms with van der Waals surface area (Å²) in [4.78, 5) is 2.29. The molecule has 1 aliphatic heterocycles. The highest BCUT2D eigenvalue weighted by Gasteiger charge is 2.18. The van der Waals surface area contributed by atoms with Crippen molar-refractivity contribution in [1.82, 2.24) is 0 Å². The monoisotopic (exact) mass is 206 g/mol. The van der Waals surface area contributed by atoms with Gasteiger partial charge in [0.25, 0.3) is 0 Å². The van der Waals surface area contributed by atoms with Crippen molar-refractivity contribution < 1.29 is 5.11 Å². The number of nitrogens with two attached hydrogens (primary N) is 1. The summed E-state index contributed by atoms with van der Waals surface area (Å²) in [6.07, 6.45) is 0.679. The van der Waals surface area contributed by atoms with Gasteiger partial charge in [-0.1, -0.05) is 12.1 Å². The maximum absolute atomic E-state index is 9.39. The Labute approximate surface area is 90.5 Å². The first kappa shape index (κ1) is 10.5. The second kappa shape index (κ2) is 4.21. The van der Waals surface area contributed by atoms with Crippen molar-refractivity contribution in [2.45, 2.75) is 25.5 Å². The van der Waals surface area contributed by atoms with Gasteiger partial charge in [0.15, 0.2) is 0 Å². The first-order chi connectivity index (χ1) is 7.16. The Morgan fingerprint density at radius 1 is 1.40 bits per heavy atom. The van der Waals surface area contributed by atoms with Gasteiger partial charge in [0, 0.05) is 24.8 Å². The standard InChI is InChI=1S/C12H18N2O/c1-9(15)10-2-4-12(5-3-10)14-7-6-11(13)8-14/h2-5,9,11,15H,6-8,13H2,1H3/t9?,11-/m0/s1. The molecule has 0 radical (unpaired) electrons. The van der Waals surface area contributed by atoms with Crippen molar-refractivity contribution >= 4 is 5.69 Å². The zero-order valence-corrected chi connectivity index (χ0v) is 9.06. The van der Waals surface area contributed by atoms with Crippen LogP contribution in [0.3, 0.4) is 0 Å². The molecule has 15 heavy (non-hydrogen) atoms. The number of aliphatic hydroxyl groups excluding tert-OH is 1. The fourth-order valence-electron chi connectivity index (χ4n) is 1.99. The minimum absolute atomic E-state index is 0.307. The quantitative estimate of drug-likeness (QED) is 0.766. The van der Waals surface area contributed by atoms with Crippen LogP contribution in [0.1, 0.15) is 25.0 Å². The van der Waals surface area contributed by atoms with Crippen LogP contribution in [-0.4, -0.2) is 24.2 Å². The van der Waals surface area contributed by atoms with Crippen LogP contribution in [0.4, 0.5) is 5.69 Å². The third-order valence-electron chi connectivity index (χ3n) is 2.97. The predicted octanol–water partition coefficient (Wildman–Crippen LogP) is 1.28. The first-order valence-electron chi connectivity index (χ1n) is 5.45. The molecule has 0 bridgehead atoms. The van der Waals surface area contributed by atoms with E-state index in [1.165, 1.54) is 5.69 Å². The van der Waals surface area contributed by atoms with Gasteiger partial charge in [0.1, 0.15) is 0 Å². The van der Waals surface area contributed by atoms with Crippen LogP contribution in [0.5, 0.6) is 0 Å². The SMILES string of the molecule is CC(O)c1ccc(N2CC[C@H](N)C2)cc1. The highest BCUT2D eigenvalue weighted by atomic mass is 16.3. The molecule has 1 heterocycles. The first-order valence-corrected chi connectivity index (χ1v) is 5.45. The zero-order valence-electron chi connectivity index (χ0n) is 9.06. The molecule has 1 aromatic rings. The molecule has 3 nitrogen and oxygen atoms in total. The largest absolute Gasteiger partial charge is 0.389 e. The number of hydrogen-bond donors (Lipinski definition) is 2. The summed E-state index contributed by atoms with van der Waals surface area (Å²) >= 11 is 0. The molecule has 0 spiro atoms. The Bertz CT molecular complexity index is 321. The average Bonchev–Trinajstić information content (AvgIpc) is 2.65. The second-order valence-corrected chi connectivity index (χ2v) is 4.26. The molecule has 3 heteroatoms. The molecule has 1 aromatic carbocycles. The van der Waals surface area contributed by atoms with E-state index in [0.29, 0.717) is 6.04 Å². The number of hydrogen-bond acceptors (Lipinski definition) is 3. The summed E-state index contributed by atoms with van der Waals surface area (Å²) in [7, 11) is 0. The van der Waals surface area contributed by atoms with Crippen LogP contribution in [0.2, 0.25) is 0 Å². The Hall–Kier alpha value is -1.06. The number of rotatable bonds is 2. The van der Waals surface area contributed by atoms with E-state index in [9.17, 15) is 5.11 Å². The summed E-state index contributed by atoms with van der Waals surface area (Å²) < 4.78 is 0. The molecule has 0 amide bonds. The number of aliphatic hydroxyl groups is 1. The fraction of sp³-hybridized carbons (Fsp3) is 0.500. The predicted molar refractivity (Wildman–Crippen MR) is 61.9 cm³/mol. The molecule has 1 fully saturated rings. The van der Waals surface area contributed by atoms with Gasteiger partial charge in [-0.15, -0.1) is 0 Å². The van der Waals surface area contributed by atoms with Crippen LogP contribution < -0.4 is 10.6 Å². The van der Waals surface area contributed by atoms with Crippen LogP contribution in [-0.2, 0) is 0 Å². The van der Waals surface area contributed by atoms with Gasteiger partial charge in [-0.05, 0) is 31.0 Å². The number of nitrogens with zero attached hydrogens (tertiary/aromatic N) is 1. The topological polar surface area (TPSA) is 49.5 Å². The van der Waals surface area contributed by atoms with E-state index in [0.717, 1.165) is 25.1 Å². The minimum Gasteiger partial charge on any atom is -0.389 e. The lowest BCUT2D eigenvalue weighted by Crippen LogP contribution is -2.26. The third-order valence-corrected chi connectivity index (χ3v) is 2.97. The smallest absolute Gasteiger partial charge is 0.0761 e. The van der Waals surface area contributed by atoms with Crippen molar-refractivity contribution in [3.05, 3.63) is 29.8 Å². The van der Waals surface area contributed by atoms with Crippen molar-refractivity contribution in [2.75, 3.05) is 18.0 Å². The summed E-state index contributed by atoms with van der Waals surface area (Å²) in [5.41, 5.74) is 8.02. The van der Waals surface area contributed by atoms with E-state index >= 15 is 0 Å². The molecule has 82 valence electrons. The minimum atomic E-state index is -0.389. The van der Waals surface area contributed by atoms with Gasteiger partial charge in [-0.25, -0.2) is 0 Å². The Balaban J connectivity index is 2.10. The van der Waals surface area contributed by atoms with E-state index in [1.54, 1.807) is 6.92 Å². The van der Waals surface area contributed by atoms with Gasteiger partial charge in [-0.2, -0.15) is 0 Å². The maximum Gasteiger partial charge on any atom is 0.0761 e. The van der Waals surface area contributed by atoms with Gasteiger partial charge >= 0.3 is 0 Å². The van der Waals surface area contributed by atoms with E-state index < -0.39 is 0 Å². The van der Waals surface area contributed by atoms with Crippen molar-refractivity contribution in [3.8, 4) is 0 Å². The normalized spacial score (nSPS) is 23.1. The van der Waals surface area contributed by atoms with Crippen LogP contribution >= 0.6 is 0 Å². The summed E-state index contributed by atoms with van der Waals surface area (Å²) in [6.45, 7) is 3.75. The van der Waals surface area contributed by atoms with Crippen molar-refractivity contribution in [2.24, 2.45) is 5.73 Å². The molecule has 3 N–H and O–H groups in total.